The predicted molar refractivity (Wildman–Crippen MR) is 78.6 cm³/mol. The summed E-state index contributed by atoms with van der Waals surface area (Å²) in [5.74, 6) is -0.439. The topological polar surface area (TPSA) is 111 Å². The SMILES string of the molecule is COCCNC(=O)CNS(=O)(=O)c1cc(N)ccc1Br. The van der Waals surface area contributed by atoms with Crippen molar-refractivity contribution in [2.24, 2.45) is 0 Å². The highest BCUT2D eigenvalue weighted by Crippen LogP contribution is 2.23. The Balaban J connectivity index is 2.66. The molecule has 0 fully saturated rings. The smallest absolute Gasteiger partial charge is 0.242 e. The van der Waals surface area contributed by atoms with Gasteiger partial charge in [-0.2, -0.15) is 0 Å². The van der Waals surface area contributed by atoms with Crippen LogP contribution in [0.4, 0.5) is 5.69 Å². The molecule has 0 unspecified atom stereocenters. The molecular weight excluding hydrogens is 350 g/mol. The molecule has 0 saturated heterocycles. The number of rotatable bonds is 7. The number of anilines is 1. The second-order valence-electron chi connectivity index (χ2n) is 3.86. The quantitative estimate of drug-likeness (QED) is 0.467. The normalized spacial score (nSPS) is 11.3. The first-order chi connectivity index (χ1) is 9.36. The minimum absolute atomic E-state index is 0.0119. The molecule has 0 aliphatic carbocycles. The van der Waals surface area contributed by atoms with Gasteiger partial charge in [-0.3, -0.25) is 4.79 Å². The lowest BCUT2D eigenvalue weighted by Crippen LogP contribution is -2.38. The van der Waals surface area contributed by atoms with E-state index in [4.69, 9.17) is 10.5 Å². The Morgan fingerprint density at radius 3 is 2.80 bits per heavy atom. The Morgan fingerprint density at radius 2 is 2.15 bits per heavy atom. The van der Waals surface area contributed by atoms with Crippen LogP contribution in [0.2, 0.25) is 0 Å². The van der Waals surface area contributed by atoms with E-state index in [1.165, 1.54) is 19.2 Å². The molecule has 0 bridgehead atoms. The van der Waals surface area contributed by atoms with Crippen molar-refractivity contribution in [1.82, 2.24) is 10.0 Å². The molecule has 0 heterocycles. The molecule has 1 rings (SSSR count). The first-order valence-electron chi connectivity index (χ1n) is 5.67. The molecule has 0 aromatic heterocycles. The molecule has 0 saturated carbocycles. The number of amides is 1. The lowest BCUT2D eigenvalue weighted by molar-refractivity contribution is -0.120. The number of sulfonamides is 1. The number of nitrogens with two attached hydrogens (primary N) is 1. The van der Waals surface area contributed by atoms with Crippen LogP contribution in [0.1, 0.15) is 0 Å². The standard InChI is InChI=1S/C11H16BrN3O4S/c1-19-5-4-14-11(16)7-15-20(17,18)10-6-8(13)2-3-9(10)12/h2-3,6,15H,4-5,7,13H2,1H3,(H,14,16). The minimum Gasteiger partial charge on any atom is -0.399 e. The lowest BCUT2D eigenvalue weighted by Gasteiger charge is -2.09. The van der Waals surface area contributed by atoms with Crippen molar-refractivity contribution in [2.45, 2.75) is 4.90 Å². The molecule has 1 aromatic rings. The second-order valence-corrected chi connectivity index (χ2v) is 6.45. The highest BCUT2D eigenvalue weighted by Gasteiger charge is 2.18. The van der Waals surface area contributed by atoms with E-state index in [9.17, 15) is 13.2 Å². The Bertz CT molecular complexity index is 577. The summed E-state index contributed by atoms with van der Waals surface area (Å²) in [5.41, 5.74) is 5.87. The van der Waals surface area contributed by atoms with Gasteiger partial charge in [-0.15, -0.1) is 0 Å². The van der Waals surface area contributed by atoms with Gasteiger partial charge < -0.3 is 15.8 Å². The highest BCUT2D eigenvalue weighted by atomic mass is 79.9. The maximum Gasteiger partial charge on any atom is 0.242 e. The average molecular weight is 366 g/mol. The molecule has 0 aliphatic rings. The third-order valence-corrected chi connectivity index (χ3v) is 4.69. The van der Waals surface area contributed by atoms with Crippen molar-refractivity contribution in [1.29, 1.82) is 0 Å². The van der Waals surface area contributed by atoms with Gasteiger partial charge in [-0.25, -0.2) is 13.1 Å². The fourth-order valence-corrected chi connectivity index (χ4v) is 3.30. The number of benzene rings is 1. The number of nitrogen functional groups attached to an aromatic ring is 1. The lowest BCUT2D eigenvalue weighted by atomic mass is 10.3. The number of carbonyl (C=O) groups is 1. The minimum atomic E-state index is -3.81. The molecule has 0 atom stereocenters. The molecule has 20 heavy (non-hydrogen) atoms. The van der Waals surface area contributed by atoms with Gasteiger partial charge >= 0.3 is 0 Å². The number of halogens is 1. The van der Waals surface area contributed by atoms with E-state index in [1.54, 1.807) is 6.07 Å². The number of ether oxygens (including phenoxy) is 1. The van der Waals surface area contributed by atoms with Gasteiger partial charge in [0.15, 0.2) is 0 Å². The van der Waals surface area contributed by atoms with Crippen molar-refractivity contribution in [3.05, 3.63) is 22.7 Å². The zero-order valence-corrected chi connectivity index (χ0v) is 13.3. The molecule has 4 N–H and O–H groups in total. The van der Waals surface area contributed by atoms with E-state index in [-0.39, 0.29) is 11.4 Å². The highest BCUT2D eigenvalue weighted by molar-refractivity contribution is 9.10. The number of nitrogens with one attached hydrogen (secondary N) is 2. The maximum absolute atomic E-state index is 12.0. The summed E-state index contributed by atoms with van der Waals surface area (Å²) in [4.78, 5) is 11.4. The van der Waals surface area contributed by atoms with E-state index >= 15 is 0 Å². The number of hydrogen-bond donors (Lipinski definition) is 3. The van der Waals surface area contributed by atoms with Gasteiger partial charge in [0, 0.05) is 23.8 Å². The van der Waals surface area contributed by atoms with Crippen molar-refractivity contribution >= 4 is 37.5 Å². The summed E-state index contributed by atoms with van der Waals surface area (Å²) < 4.78 is 31.4. The van der Waals surface area contributed by atoms with Gasteiger partial charge in [0.1, 0.15) is 0 Å². The zero-order valence-electron chi connectivity index (χ0n) is 10.8. The molecule has 0 spiro atoms. The summed E-state index contributed by atoms with van der Waals surface area (Å²) in [7, 11) is -2.30. The summed E-state index contributed by atoms with van der Waals surface area (Å²) in [6, 6.07) is 4.42. The van der Waals surface area contributed by atoms with E-state index < -0.39 is 15.9 Å². The molecule has 1 amide bonds. The van der Waals surface area contributed by atoms with Crippen molar-refractivity contribution in [3.8, 4) is 0 Å². The van der Waals surface area contributed by atoms with Crippen LogP contribution < -0.4 is 15.8 Å². The van der Waals surface area contributed by atoms with Gasteiger partial charge in [0.2, 0.25) is 15.9 Å². The van der Waals surface area contributed by atoms with Crippen molar-refractivity contribution in [2.75, 3.05) is 32.5 Å². The van der Waals surface area contributed by atoms with Crippen LogP contribution in [-0.2, 0) is 19.6 Å². The van der Waals surface area contributed by atoms with Crippen LogP contribution in [0, 0.1) is 0 Å². The summed E-state index contributed by atoms with van der Waals surface area (Å²) in [5, 5.41) is 2.51. The van der Waals surface area contributed by atoms with Crippen LogP contribution in [0.15, 0.2) is 27.6 Å². The van der Waals surface area contributed by atoms with Crippen LogP contribution in [0.3, 0.4) is 0 Å². The Labute approximate surface area is 126 Å². The number of carbonyl (C=O) groups excluding carboxylic acids is 1. The molecule has 9 heteroatoms. The van der Waals surface area contributed by atoms with Crippen LogP contribution in [-0.4, -0.2) is 41.1 Å². The number of hydrogen-bond acceptors (Lipinski definition) is 5. The summed E-state index contributed by atoms with van der Waals surface area (Å²) in [6.45, 7) is 0.325. The molecule has 0 aliphatic heterocycles. The van der Waals surface area contributed by atoms with Crippen LogP contribution in [0.25, 0.3) is 0 Å². The molecule has 1 aromatic carbocycles. The van der Waals surface area contributed by atoms with E-state index in [0.717, 1.165) is 0 Å². The monoisotopic (exact) mass is 365 g/mol. The van der Waals surface area contributed by atoms with E-state index in [0.29, 0.717) is 23.3 Å². The zero-order chi connectivity index (χ0) is 15.2. The van der Waals surface area contributed by atoms with Crippen molar-refractivity contribution in [3.63, 3.8) is 0 Å². The van der Waals surface area contributed by atoms with Gasteiger partial charge in [-0.05, 0) is 34.1 Å². The molecule has 112 valence electrons. The Hall–Kier alpha value is -1.16. The summed E-state index contributed by atoms with van der Waals surface area (Å²) in [6.07, 6.45) is 0. The Morgan fingerprint density at radius 1 is 1.45 bits per heavy atom. The van der Waals surface area contributed by atoms with Crippen LogP contribution in [0.5, 0.6) is 0 Å². The molecule has 7 nitrogen and oxygen atoms in total. The summed E-state index contributed by atoms with van der Waals surface area (Å²) >= 11 is 3.13. The largest absolute Gasteiger partial charge is 0.399 e. The fourth-order valence-electron chi connectivity index (χ4n) is 1.32. The molecule has 0 radical (unpaired) electrons. The van der Waals surface area contributed by atoms with E-state index in [2.05, 4.69) is 26.0 Å². The first kappa shape index (κ1) is 16.9. The predicted octanol–water partition coefficient (Wildman–Crippen LogP) is 0.0722. The second kappa shape index (κ2) is 7.58. The average Bonchev–Trinajstić information content (AvgIpc) is 2.39. The van der Waals surface area contributed by atoms with Gasteiger partial charge in [0.25, 0.3) is 0 Å². The van der Waals surface area contributed by atoms with Crippen LogP contribution >= 0.6 is 15.9 Å². The van der Waals surface area contributed by atoms with E-state index in [1.807, 2.05) is 0 Å². The third-order valence-electron chi connectivity index (χ3n) is 2.30. The maximum atomic E-state index is 12.0. The fraction of sp³-hybridized carbons (Fsp3) is 0.364. The van der Waals surface area contributed by atoms with Gasteiger partial charge in [-0.1, -0.05) is 0 Å². The third kappa shape index (κ3) is 5.08. The van der Waals surface area contributed by atoms with Crippen molar-refractivity contribution < 1.29 is 17.9 Å². The van der Waals surface area contributed by atoms with Gasteiger partial charge in [0.05, 0.1) is 18.0 Å². The Kier molecular flexibility index (Phi) is 6.40. The molecular formula is C11H16BrN3O4S. The first-order valence-corrected chi connectivity index (χ1v) is 7.95. The number of methoxy groups -OCH3 is 1.